The zero-order chi connectivity index (χ0) is 13.9. The van der Waals surface area contributed by atoms with E-state index in [0.29, 0.717) is 15.9 Å². The quantitative estimate of drug-likeness (QED) is 0.860. The van der Waals surface area contributed by atoms with E-state index in [1.165, 1.54) is 18.4 Å². The molecule has 18 heavy (non-hydrogen) atoms. The predicted molar refractivity (Wildman–Crippen MR) is 75.6 cm³/mol. The largest absolute Gasteiger partial charge is 0.465 e. The standard InChI is InChI=1S/C12H19ClN2O2S/c1-7(12(2,3)4)6-14-11-15-9(13)8(18-11)10(16)17-5/h7H,6H2,1-5H3,(H,14,15). The number of carbonyl (C=O) groups is 1. The Morgan fingerprint density at radius 3 is 2.67 bits per heavy atom. The summed E-state index contributed by atoms with van der Waals surface area (Å²) in [5, 5.41) is 4.05. The normalized spacial score (nSPS) is 13.2. The van der Waals surface area contributed by atoms with Crippen molar-refractivity contribution < 1.29 is 9.53 Å². The first kappa shape index (κ1) is 15.2. The van der Waals surface area contributed by atoms with Gasteiger partial charge in [-0.3, -0.25) is 0 Å². The molecular weight excluding hydrogens is 272 g/mol. The first-order valence-electron chi connectivity index (χ1n) is 5.74. The van der Waals surface area contributed by atoms with Gasteiger partial charge in [-0.1, -0.05) is 50.6 Å². The number of carbonyl (C=O) groups excluding carboxylic acids is 1. The van der Waals surface area contributed by atoms with Gasteiger partial charge in [-0.2, -0.15) is 0 Å². The lowest BCUT2D eigenvalue weighted by Gasteiger charge is -2.27. The first-order chi connectivity index (χ1) is 8.25. The molecule has 1 rings (SSSR count). The van der Waals surface area contributed by atoms with Crippen molar-refractivity contribution in [1.29, 1.82) is 0 Å². The van der Waals surface area contributed by atoms with Gasteiger partial charge < -0.3 is 10.1 Å². The third-order valence-corrected chi connectivity index (χ3v) is 4.37. The first-order valence-corrected chi connectivity index (χ1v) is 6.93. The third-order valence-electron chi connectivity index (χ3n) is 2.99. The molecule has 1 N–H and O–H groups in total. The topological polar surface area (TPSA) is 51.2 Å². The molecule has 1 aromatic rings. The monoisotopic (exact) mass is 290 g/mol. The van der Waals surface area contributed by atoms with E-state index in [9.17, 15) is 4.79 Å². The lowest BCUT2D eigenvalue weighted by Crippen LogP contribution is -2.24. The SMILES string of the molecule is COC(=O)c1sc(NCC(C)C(C)(C)C)nc1Cl. The number of nitrogens with zero attached hydrogens (tertiary/aromatic N) is 1. The van der Waals surface area contributed by atoms with Crippen LogP contribution in [0.5, 0.6) is 0 Å². The van der Waals surface area contributed by atoms with Crippen LogP contribution in [0.15, 0.2) is 0 Å². The van der Waals surface area contributed by atoms with Gasteiger partial charge in [-0.05, 0) is 11.3 Å². The van der Waals surface area contributed by atoms with E-state index >= 15 is 0 Å². The molecule has 0 saturated carbocycles. The fourth-order valence-corrected chi connectivity index (χ4v) is 2.25. The van der Waals surface area contributed by atoms with Gasteiger partial charge in [0, 0.05) is 6.54 Å². The van der Waals surface area contributed by atoms with Gasteiger partial charge in [0.15, 0.2) is 15.2 Å². The molecule has 0 bridgehead atoms. The molecule has 0 aliphatic rings. The molecule has 0 aliphatic heterocycles. The van der Waals surface area contributed by atoms with Crippen LogP contribution in [0.3, 0.4) is 0 Å². The number of nitrogens with one attached hydrogen (secondary N) is 1. The van der Waals surface area contributed by atoms with Gasteiger partial charge in [0.2, 0.25) is 0 Å². The van der Waals surface area contributed by atoms with Gasteiger partial charge >= 0.3 is 5.97 Å². The van der Waals surface area contributed by atoms with Crippen LogP contribution in [0, 0.1) is 11.3 Å². The van der Waals surface area contributed by atoms with E-state index in [2.05, 4.69) is 42.7 Å². The van der Waals surface area contributed by atoms with Crippen LogP contribution in [-0.2, 0) is 4.74 Å². The fraction of sp³-hybridized carbons (Fsp3) is 0.667. The zero-order valence-electron chi connectivity index (χ0n) is 11.3. The van der Waals surface area contributed by atoms with Crippen molar-refractivity contribution in [2.24, 2.45) is 11.3 Å². The number of rotatable bonds is 4. The van der Waals surface area contributed by atoms with Crippen molar-refractivity contribution in [3.8, 4) is 0 Å². The summed E-state index contributed by atoms with van der Waals surface area (Å²) >= 11 is 7.10. The second kappa shape index (κ2) is 5.89. The Morgan fingerprint density at radius 1 is 1.56 bits per heavy atom. The Balaban J connectivity index is 2.67. The number of hydrogen-bond donors (Lipinski definition) is 1. The number of anilines is 1. The van der Waals surface area contributed by atoms with Crippen LogP contribution in [0.4, 0.5) is 5.13 Å². The predicted octanol–water partition coefficient (Wildman–Crippen LogP) is 3.68. The lowest BCUT2D eigenvalue weighted by atomic mass is 9.82. The number of aromatic nitrogens is 1. The molecule has 0 aliphatic carbocycles. The van der Waals surface area contributed by atoms with Crippen molar-refractivity contribution in [3.63, 3.8) is 0 Å². The van der Waals surface area contributed by atoms with E-state index < -0.39 is 5.97 Å². The number of hydrogen-bond acceptors (Lipinski definition) is 5. The summed E-state index contributed by atoms with van der Waals surface area (Å²) in [7, 11) is 1.33. The van der Waals surface area contributed by atoms with E-state index in [1.807, 2.05) is 0 Å². The molecule has 0 radical (unpaired) electrons. The zero-order valence-corrected chi connectivity index (χ0v) is 12.9. The maximum atomic E-state index is 11.4. The summed E-state index contributed by atoms with van der Waals surface area (Å²) in [6.07, 6.45) is 0. The van der Waals surface area contributed by atoms with Crippen molar-refractivity contribution in [3.05, 3.63) is 10.0 Å². The van der Waals surface area contributed by atoms with Crippen molar-refractivity contribution >= 4 is 34.0 Å². The molecule has 0 amide bonds. The van der Waals surface area contributed by atoms with Gasteiger partial charge in [0.05, 0.1) is 7.11 Å². The van der Waals surface area contributed by atoms with Crippen LogP contribution < -0.4 is 5.32 Å². The summed E-state index contributed by atoms with van der Waals surface area (Å²) in [5.74, 6) is 0.0242. The molecular formula is C12H19ClN2O2S. The summed E-state index contributed by atoms with van der Waals surface area (Å²) in [6, 6.07) is 0. The molecule has 1 aromatic heterocycles. The number of esters is 1. The van der Waals surface area contributed by atoms with Crippen molar-refractivity contribution in [2.45, 2.75) is 27.7 Å². The Hall–Kier alpha value is -0.810. The summed E-state index contributed by atoms with van der Waals surface area (Å²) in [4.78, 5) is 15.8. The Labute approximate surface area is 117 Å². The summed E-state index contributed by atoms with van der Waals surface area (Å²) in [5.41, 5.74) is 0.221. The van der Waals surface area contributed by atoms with E-state index in [0.717, 1.165) is 6.54 Å². The highest BCUT2D eigenvalue weighted by molar-refractivity contribution is 7.18. The maximum Gasteiger partial charge on any atom is 0.351 e. The molecule has 1 atom stereocenters. The highest BCUT2D eigenvalue weighted by Crippen LogP contribution is 2.29. The Kier molecular flexibility index (Phi) is 4.99. The van der Waals surface area contributed by atoms with E-state index in [1.54, 1.807) is 0 Å². The number of halogens is 1. The van der Waals surface area contributed by atoms with Crippen LogP contribution >= 0.6 is 22.9 Å². The molecule has 1 heterocycles. The third kappa shape index (κ3) is 3.85. The molecule has 0 fully saturated rings. The summed E-state index contributed by atoms with van der Waals surface area (Å²) < 4.78 is 4.63. The lowest BCUT2D eigenvalue weighted by molar-refractivity contribution is 0.0606. The van der Waals surface area contributed by atoms with E-state index in [-0.39, 0.29) is 10.6 Å². The Bertz CT molecular complexity index is 426. The van der Waals surface area contributed by atoms with Gasteiger partial charge in [0.1, 0.15) is 0 Å². The fourth-order valence-electron chi connectivity index (χ4n) is 1.14. The second-order valence-electron chi connectivity index (χ2n) is 5.28. The average molecular weight is 291 g/mol. The molecule has 0 spiro atoms. The van der Waals surface area contributed by atoms with Crippen molar-refractivity contribution in [1.82, 2.24) is 4.98 Å². The van der Waals surface area contributed by atoms with Crippen LogP contribution in [-0.4, -0.2) is 24.6 Å². The highest BCUT2D eigenvalue weighted by Gasteiger charge is 2.21. The molecule has 0 saturated heterocycles. The Morgan fingerprint density at radius 2 is 2.17 bits per heavy atom. The van der Waals surface area contributed by atoms with Gasteiger partial charge in [0.25, 0.3) is 0 Å². The average Bonchev–Trinajstić information content (AvgIpc) is 2.65. The van der Waals surface area contributed by atoms with Crippen LogP contribution in [0.2, 0.25) is 5.15 Å². The van der Waals surface area contributed by atoms with Gasteiger partial charge in [-0.15, -0.1) is 0 Å². The molecule has 6 heteroatoms. The summed E-state index contributed by atoms with van der Waals surface area (Å²) in [6.45, 7) is 9.52. The van der Waals surface area contributed by atoms with E-state index in [4.69, 9.17) is 11.6 Å². The van der Waals surface area contributed by atoms with Gasteiger partial charge in [-0.25, -0.2) is 9.78 Å². The number of ether oxygens (including phenoxy) is 1. The van der Waals surface area contributed by atoms with Crippen LogP contribution in [0.1, 0.15) is 37.4 Å². The number of methoxy groups -OCH3 is 1. The number of thiazole rings is 1. The smallest absolute Gasteiger partial charge is 0.351 e. The maximum absolute atomic E-state index is 11.4. The minimum absolute atomic E-state index is 0.192. The molecule has 0 aromatic carbocycles. The highest BCUT2D eigenvalue weighted by atomic mass is 35.5. The molecule has 1 unspecified atom stereocenters. The van der Waals surface area contributed by atoms with Crippen LogP contribution in [0.25, 0.3) is 0 Å². The molecule has 102 valence electrons. The van der Waals surface area contributed by atoms with Crippen molar-refractivity contribution in [2.75, 3.05) is 19.0 Å². The minimum Gasteiger partial charge on any atom is -0.465 e. The second-order valence-corrected chi connectivity index (χ2v) is 6.64. The minimum atomic E-state index is -0.450. The molecule has 4 nitrogen and oxygen atoms in total.